The van der Waals surface area contributed by atoms with Crippen LogP contribution >= 0.6 is 27.5 Å². The third-order valence-electron chi connectivity index (χ3n) is 4.54. The highest BCUT2D eigenvalue weighted by atomic mass is 79.9. The van der Waals surface area contributed by atoms with E-state index in [1.54, 1.807) is 0 Å². The van der Waals surface area contributed by atoms with Crippen molar-refractivity contribution in [3.63, 3.8) is 0 Å². The summed E-state index contributed by atoms with van der Waals surface area (Å²) in [5.74, 6) is 0.105. The van der Waals surface area contributed by atoms with Gasteiger partial charge in [-0.25, -0.2) is 4.39 Å². The topological polar surface area (TPSA) is 55.1 Å². The van der Waals surface area contributed by atoms with Gasteiger partial charge in [0.1, 0.15) is 5.82 Å². The Morgan fingerprint density at radius 2 is 2.10 bits per heavy atom. The van der Waals surface area contributed by atoms with Gasteiger partial charge in [-0.15, -0.1) is 0 Å². The molecule has 20 heavy (non-hydrogen) atoms. The van der Waals surface area contributed by atoms with Gasteiger partial charge in [0, 0.05) is 10.5 Å². The number of nitrogens with one attached hydrogen (secondary N) is 1. The van der Waals surface area contributed by atoms with Crippen LogP contribution in [0.25, 0.3) is 0 Å². The van der Waals surface area contributed by atoms with Crippen molar-refractivity contribution in [2.75, 3.05) is 5.32 Å². The Morgan fingerprint density at radius 1 is 1.40 bits per heavy atom. The summed E-state index contributed by atoms with van der Waals surface area (Å²) in [6.45, 7) is 0. The average Bonchev–Trinajstić information content (AvgIpc) is 2.94. The highest BCUT2D eigenvalue weighted by Crippen LogP contribution is 2.48. The van der Waals surface area contributed by atoms with Gasteiger partial charge in [-0.3, -0.25) is 4.79 Å². The second-order valence-corrected chi connectivity index (χ2v) is 6.93. The molecule has 0 heterocycles. The van der Waals surface area contributed by atoms with Crippen LogP contribution in [0, 0.1) is 23.6 Å². The first-order valence-corrected chi connectivity index (χ1v) is 7.85. The lowest BCUT2D eigenvalue weighted by Crippen LogP contribution is -2.42. The van der Waals surface area contributed by atoms with Crippen LogP contribution in [0.3, 0.4) is 0 Å². The Bertz CT molecular complexity index is 543. The van der Waals surface area contributed by atoms with Gasteiger partial charge in [-0.1, -0.05) is 11.6 Å². The molecule has 108 valence electrons. The van der Waals surface area contributed by atoms with Gasteiger partial charge in [-0.05, 0) is 59.2 Å². The van der Waals surface area contributed by atoms with Crippen molar-refractivity contribution in [3.8, 4) is 0 Å². The van der Waals surface area contributed by atoms with Crippen molar-refractivity contribution in [1.29, 1.82) is 0 Å². The highest BCUT2D eigenvalue weighted by Gasteiger charge is 2.49. The van der Waals surface area contributed by atoms with Crippen LogP contribution in [-0.4, -0.2) is 11.9 Å². The molecule has 3 N–H and O–H groups in total. The molecule has 3 rings (SSSR count). The van der Waals surface area contributed by atoms with Crippen LogP contribution < -0.4 is 11.1 Å². The Kier molecular flexibility index (Phi) is 3.77. The molecule has 4 atom stereocenters. The van der Waals surface area contributed by atoms with E-state index in [2.05, 4.69) is 21.2 Å². The molecule has 2 bridgehead atoms. The summed E-state index contributed by atoms with van der Waals surface area (Å²) in [7, 11) is 0. The SMILES string of the molecule is NC1C2CCC(C2)C1C(=O)Nc1c(Cl)cc(F)cc1Br. The van der Waals surface area contributed by atoms with Crippen LogP contribution in [0.2, 0.25) is 5.02 Å². The molecule has 0 radical (unpaired) electrons. The normalized spacial score (nSPS) is 31.6. The number of fused-ring (bicyclic) bond motifs is 2. The zero-order chi connectivity index (χ0) is 14.4. The summed E-state index contributed by atoms with van der Waals surface area (Å²) < 4.78 is 13.6. The van der Waals surface area contributed by atoms with Gasteiger partial charge in [-0.2, -0.15) is 0 Å². The van der Waals surface area contributed by atoms with Gasteiger partial charge >= 0.3 is 0 Å². The van der Waals surface area contributed by atoms with Crippen molar-refractivity contribution < 1.29 is 9.18 Å². The molecular formula is C14H15BrClFN2O. The largest absolute Gasteiger partial charge is 0.327 e. The summed E-state index contributed by atoms with van der Waals surface area (Å²) in [6.07, 6.45) is 3.23. The first-order chi connectivity index (χ1) is 9.47. The lowest BCUT2D eigenvalue weighted by Gasteiger charge is -2.27. The maximum Gasteiger partial charge on any atom is 0.229 e. The summed E-state index contributed by atoms with van der Waals surface area (Å²) >= 11 is 9.21. The maximum absolute atomic E-state index is 13.2. The van der Waals surface area contributed by atoms with Crippen molar-refractivity contribution in [3.05, 3.63) is 27.4 Å². The van der Waals surface area contributed by atoms with E-state index in [-0.39, 0.29) is 22.9 Å². The van der Waals surface area contributed by atoms with E-state index in [9.17, 15) is 9.18 Å². The number of halogens is 3. The fourth-order valence-electron chi connectivity index (χ4n) is 3.59. The monoisotopic (exact) mass is 360 g/mol. The zero-order valence-electron chi connectivity index (χ0n) is 10.7. The molecule has 0 aromatic heterocycles. The predicted molar refractivity (Wildman–Crippen MR) is 80.0 cm³/mol. The minimum Gasteiger partial charge on any atom is -0.327 e. The summed E-state index contributed by atoms with van der Waals surface area (Å²) in [4.78, 5) is 12.4. The second kappa shape index (κ2) is 5.28. The van der Waals surface area contributed by atoms with E-state index in [1.807, 2.05) is 0 Å². The number of amides is 1. The molecular weight excluding hydrogens is 347 g/mol. The molecule has 0 saturated heterocycles. The van der Waals surface area contributed by atoms with Gasteiger partial charge in [0.25, 0.3) is 0 Å². The van der Waals surface area contributed by atoms with Crippen LogP contribution in [0.4, 0.5) is 10.1 Å². The van der Waals surface area contributed by atoms with Crippen molar-refractivity contribution >= 4 is 39.1 Å². The lowest BCUT2D eigenvalue weighted by molar-refractivity contribution is -0.121. The molecule has 6 heteroatoms. The molecule has 2 aliphatic carbocycles. The summed E-state index contributed by atoms with van der Waals surface area (Å²) in [6, 6.07) is 2.39. The number of hydrogen-bond donors (Lipinski definition) is 2. The Hall–Kier alpha value is -0.650. The van der Waals surface area contributed by atoms with Crippen molar-refractivity contribution in [2.24, 2.45) is 23.5 Å². The van der Waals surface area contributed by atoms with E-state index < -0.39 is 5.82 Å². The van der Waals surface area contributed by atoms with E-state index in [0.29, 0.717) is 22.0 Å². The van der Waals surface area contributed by atoms with Crippen molar-refractivity contribution in [1.82, 2.24) is 0 Å². The van der Waals surface area contributed by atoms with Crippen LogP contribution in [-0.2, 0) is 4.79 Å². The molecule has 3 nitrogen and oxygen atoms in total. The molecule has 2 fully saturated rings. The van der Waals surface area contributed by atoms with Gasteiger partial charge in [0.15, 0.2) is 0 Å². The van der Waals surface area contributed by atoms with Crippen molar-refractivity contribution in [2.45, 2.75) is 25.3 Å². The Labute approximate surface area is 130 Å². The number of carbonyl (C=O) groups is 1. The summed E-state index contributed by atoms with van der Waals surface area (Å²) in [5.41, 5.74) is 6.56. The van der Waals surface area contributed by atoms with Crippen LogP contribution in [0.5, 0.6) is 0 Å². The molecule has 0 aliphatic heterocycles. The summed E-state index contributed by atoms with van der Waals surface area (Å²) in [5, 5.41) is 2.98. The molecule has 1 amide bonds. The average molecular weight is 362 g/mol. The Balaban J connectivity index is 1.80. The number of carbonyl (C=O) groups excluding carboxylic acids is 1. The molecule has 4 unspecified atom stereocenters. The van der Waals surface area contributed by atoms with E-state index in [4.69, 9.17) is 17.3 Å². The fraction of sp³-hybridized carbons (Fsp3) is 0.500. The molecule has 1 aromatic rings. The maximum atomic E-state index is 13.2. The van der Waals surface area contributed by atoms with Crippen LogP contribution in [0.1, 0.15) is 19.3 Å². The minimum absolute atomic E-state index is 0.0771. The number of benzene rings is 1. The predicted octanol–water partition coefficient (Wildman–Crippen LogP) is 3.55. The zero-order valence-corrected chi connectivity index (χ0v) is 13.0. The van der Waals surface area contributed by atoms with Gasteiger partial charge in [0.2, 0.25) is 5.91 Å². The Morgan fingerprint density at radius 3 is 2.70 bits per heavy atom. The van der Waals surface area contributed by atoms with Gasteiger partial charge in [0.05, 0.1) is 16.6 Å². The fourth-order valence-corrected chi connectivity index (χ4v) is 4.49. The third kappa shape index (κ3) is 2.36. The smallest absolute Gasteiger partial charge is 0.229 e. The van der Waals surface area contributed by atoms with E-state index in [1.165, 1.54) is 12.1 Å². The second-order valence-electron chi connectivity index (χ2n) is 5.67. The highest BCUT2D eigenvalue weighted by molar-refractivity contribution is 9.10. The first kappa shape index (κ1) is 14.3. The minimum atomic E-state index is -0.448. The number of nitrogens with two attached hydrogens (primary N) is 1. The molecule has 2 saturated carbocycles. The quantitative estimate of drug-likeness (QED) is 0.846. The standard InChI is InChI=1S/C14H15BrClFN2O/c15-9-4-8(17)5-10(16)13(9)19-14(20)11-6-1-2-7(3-6)12(11)18/h4-7,11-12H,1-3,18H2,(H,19,20). The van der Waals surface area contributed by atoms with Gasteiger partial charge < -0.3 is 11.1 Å². The first-order valence-electron chi connectivity index (χ1n) is 6.68. The number of anilines is 1. The molecule has 2 aliphatic rings. The number of rotatable bonds is 2. The van der Waals surface area contributed by atoms with Crippen LogP contribution in [0.15, 0.2) is 16.6 Å². The lowest BCUT2D eigenvalue weighted by atomic mass is 9.84. The van der Waals surface area contributed by atoms with E-state index in [0.717, 1.165) is 19.3 Å². The third-order valence-corrected chi connectivity index (χ3v) is 5.46. The molecule has 0 spiro atoms. The number of hydrogen-bond acceptors (Lipinski definition) is 2. The van der Waals surface area contributed by atoms with E-state index >= 15 is 0 Å². The molecule has 1 aromatic carbocycles.